The van der Waals surface area contributed by atoms with E-state index in [-0.39, 0.29) is 5.91 Å². The van der Waals surface area contributed by atoms with Gasteiger partial charge < -0.3 is 10.2 Å². The van der Waals surface area contributed by atoms with E-state index in [1.165, 1.54) is 21.6 Å². The maximum Gasteiger partial charge on any atom is 0.264 e. The van der Waals surface area contributed by atoms with E-state index in [2.05, 4.69) is 35.6 Å². The summed E-state index contributed by atoms with van der Waals surface area (Å²) in [4.78, 5) is 17.1. The molecule has 0 bridgehead atoms. The van der Waals surface area contributed by atoms with Gasteiger partial charge in [-0.1, -0.05) is 24.3 Å². The summed E-state index contributed by atoms with van der Waals surface area (Å²) in [6.45, 7) is 1.71. The Labute approximate surface area is 141 Å². The fourth-order valence-corrected chi connectivity index (χ4v) is 4.97. The molecule has 0 saturated carbocycles. The highest BCUT2D eigenvalue weighted by molar-refractivity contribution is 7.17. The van der Waals surface area contributed by atoms with E-state index in [0.29, 0.717) is 6.04 Å². The van der Waals surface area contributed by atoms with Gasteiger partial charge >= 0.3 is 0 Å². The van der Waals surface area contributed by atoms with Crippen LogP contribution in [0, 0.1) is 0 Å². The second-order valence-corrected chi connectivity index (χ2v) is 7.55. The fourth-order valence-electron chi connectivity index (χ4n) is 3.73. The molecule has 1 saturated heterocycles. The SMILES string of the molecule is CNC1CCCN(C(=O)c2cc3c(s2)-c2ccccc2CC3)C1. The van der Waals surface area contributed by atoms with Crippen LogP contribution < -0.4 is 5.32 Å². The largest absolute Gasteiger partial charge is 0.336 e. The summed E-state index contributed by atoms with van der Waals surface area (Å²) in [6.07, 6.45) is 4.38. The topological polar surface area (TPSA) is 32.3 Å². The van der Waals surface area contributed by atoms with Crippen molar-refractivity contribution >= 4 is 17.2 Å². The van der Waals surface area contributed by atoms with Gasteiger partial charge in [-0.25, -0.2) is 0 Å². The van der Waals surface area contributed by atoms with E-state index in [9.17, 15) is 4.79 Å². The zero-order chi connectivity index (χ0) is 15.8. The minimum absolute atomic E-state index is 0.210. The maximum atomic E-state index is 12.9. The Morgan fingerprint density at radius 2 is 2.09 bits per heavy atom. The molecule has 1 amide bonds. The van der Waals surface area contributed by atoms with Gasteiger partial charge in [0.25, 0.3) is 5.91 Å². The number of likely N-dealkylation sites (tertiary alicyclic amines) is 1. The normalized spacial score (nSPS) is 20.0. The molecule has 120 valence electrons. The number of nitrogens with zero attached hydrogens (tertiary/aromatic N) is 1. The highest BCUT2D eigenvalue weighted by atomic mass is 32.1. The Balaban J connectivity index is 1.62. The third-order valence-corrected chi connectivity index (χ3v) is 6.26. The van der Waals surface area contributed by atoms with Gasteiger partial charge in [-0.15, -0.1) is 11.3 Å². The van der Waals surface area contributed by atoms with Crippen molar-refractivity contribution in [2.75, 3.05) is 20.1 Å². The van der Waals surface area contributed by atoms with Crippen molar-refractivity contribution in [3.8, 4) is 10.4 Å². The van der Waals surface area contributed by atoms with E-state index in [4.69, 9.17) is 0 Å². The van der Waals surface area contributed by atoms with Crippen molar-refractivity contribution in [2.45, 2.75) is 31.7 Å². The summed E-state index contributed by atoms with van der Waals surface area (Å²) in [5.74, 6) is 0.210. The molecule has 23 heavy (non-hydrogen) atoms. The van der Waals surface area contributed by atoms with Crippen molar-refractivity contribution in [1.29, 1.82) is 0 Å². The molecule has 1 aromatic carbocycles. The van der Waals surface area contributed by atoms with Crippen LogP contribution >= 0.6 is 11.3 Å². The number of hydrogen-bond acceptors (Lipinski definition) is 3. The monoisotopic (exact) mass is 326 g/mol. The number of benzene rings is 1. The third kappa shape index (κ3) is 2.70. The number of fused-ring (bicyclic) bond motifs is 3. The molecule has 4 heteroatoms. The molecular formula is C19H22N2OS. The molecule has 1 unspecified atom stereocenters. The second kappa shape index (κ2) is 6.10. The quantitative estimate of drug-likeness (QED) is 0.918. The van der Waals surface area contributed by atoms with Gasteiger partial charge in [0.2, 0.25) is 0 Å². The first-order valence-corrected chi connectivity index (χ1v) is 9.25. The minimum atomic E-state index is 0.210. The van der Waals surface area contributed by atoms with Crippen LogP contribution in [0.5, 0.6) is 0 Å². The highest BCUT2D eigenvalue weighted by Gasteiger charge is 2.27. The number of hydrogen-bond donors (Lipinski definition) is 1. The van der Waals surface area contributed by atoms with Crippen LogP contribution in [0.2, 0.25) is 0 Å². The number of carbonyl (C=O) groups is 1. The smallest absolute Gasteiger partial charge is 0.264 e. The van der Waals surface area contributed by atoms with E-state index >= 15 is 0 Å². The van der Waals surface area contributed by atoms with Crippen molar-refractivity contribution in [3.05, 3.63) is 46.3 Å². The number of thiophene rings is 1. The Kier molecular flexibility index (Phi) is 3.95. The number of rotatable bonds is 2. The Hall–Kier alpha value is -1.65. The van der Waals surface area contributed by atoms with E-state index < -0.39 is 0 Å². The predicted molar refractivity (Wildman–Crippen MR) is 95.1 cm³/mol. The molecule has 2 aliphatic rings. The molecule has 2 aromatic rings. The van der Waals surface area contributed by atoms with Crippen LogP contribution in [-0.2, 0) is 12.8 Å². The summed E-state index contributed by atoms with van der Waals surface area (Å²) in [6, 6.07) is 11.2. The molecule has 2 heterocycles. The Morgan fingerprint density at radius 1 is 1.26 bits per heavy atom. The highest BCUT2D eigenvalue weighted by Crippen LogP contribution is 2.39. The van der Waals surface area contributed by atoms with Gasteiger partial charge in [0.05, 0.1) is 4.88 Å². The molecule has 1 atom stereocenters. The number of amides is 1. The van der Waals surface area contributed by atoms with E-state index in [0.717, 1.165) is 43.6 Å². The number of aryl methyl sites for hydroxylation is 2. The molecule has 1 aliphatic heterocycles. The lowest BCUT2D eigenvalue weighted by atomic mass is 9.91. The Morgan fingerprint density at radius 3 is 2.96 bits per heavy atom. The summed E-state index contributed by atoms with van der Waals surface area (Å²) in [7, 11) is 1.99. The zero-order valence-corrected chi connectivity index (χ0v) is 14.3. The van der Waals surface area contributed by atoms with Gasteiger partial charge in [0, 0.05) is 24.0 Å². The van der Waals surface area contributed by atoms with Gasteiger partial charge in [-0.05, 0) is 55.5 Å². The Bertz CT molecular complexity index is 737. The van der Waals surface area contributed by atoms with Crippen LogP contribution in [0.4, 0.5) is 0 Å². The van der Waals surface area contributed by atoms with Crippen LogP contribution in [0.15, 0.2) is 30.3 Å². The lowest BCUT2D eigenvalue weighted by Gasteiger charge is -2.32. The summed E-state index contributed by atoms with van der Waals surface area (Å²) < 4.78 is 0. The van der Waals surface area contributed by atoms with Crippen molar-refractivity contribution in [3.63, 3.8) is 0 Å². The van der Waals surface area contributed by atoms with E-state index in [1.54, 1.807) is 11.3 Å². The second-order valence-electron chi connectivity index (χ2n) is 6.50. The van der Waals surface area contributed by atoms with Crippen molar-refractivity contribution in [2.24, 2.45) is 0 Å². The molecule has 3 nitrogen and oxygen atoms in total. The van der Waals surface area contributed by atoms with E-state index in [1.807, 2.05) is 11.9 Å². The van der Waals surface area contributed by atoms with Crippen molar-refractivity contribution < 1.29 is 4.79 Å². The molecular weight excluding hydrogens is 304 g/mol. The summed E-state index contributed by atoms with van der Waals surface area (Å²) >= 11 is 1.68. The lowest BCUT2D eigenvalue weighted by Crippen LogP contribution is -2.46. The van der Waals surface area contributed by atoms with Crippen molar-refractivity contribution in [1.82, 2.24) is 10.2 Å². The van der Waals surface area contributed by atoms with Crippen LogP contribution in [0.25, 0.3) is 10.4 Å². The predicted octanol–water partition coefficient (Wildman–Crippen LogP) is 3.34. The van der Waals surface area contributed by atoms with Crippen LogP contribution in [0.1, 0.15) is 33.6 Å². The number of carbonyl (C=O) groups excluding carboxylic acids is 1. The molecule has 0 spiro atoms. The number of piperidine rings is 1. The first kappa shape index (κ1) is 14.9. The standard InChI is InChI=1S/C19H22N2OS/c1-20-15-6-4-10-21(12-15)19(22)17-11-14-9-8-13-5-2-3-7-16(13)18(14)23-17/h2-3,5,7,11,15,20H,4,6,8-10,12H2,1H3. The average Bonchev–Trinajstić information content (AvgIpc) is 3.06. The average molecular weight is 326 g/mol. The van der Waals surface area contributed by atoms with Crippen LogP contribution in [-0.4, -0.2) is 37.0 Å². The number of likely N-dealkylation sites (N-methyl/N-ethyl adjacent to an activating group) is 1. The zero-order valence-electron chi connectivity index (χ0n) is 13.5. The first-order chi connectivity index (χ1) is 11.3. The maximum absolute atomic E-state index is 12.9. The van der Waals surface area contributed by atoms with Gasteiger partial charge in [0.1, 0.15) is 0 Å². The van der Waals surface area contributed by atoms with Gasteiger partial charge in [-0.3, -0.25) is 4.79 Å². The molecule has 4 rings (SSSR count). The third-order valence-electron chi connectivity index (χ3n) is 5.06. The molecule has 0 radical (unpaired) electrons. The fraction of sp³-hybridized carbons (Fsp3) is 0.421. The van der Waals surface area contributed by atoms with Crippen LogP contribution in [0.3, 0.4) is 0 Å². The molecule has 1 N–H and O–H groups in total. The minimum Gasteiger partial charge on any atom is -0.336 e. The van der Waals surface area contributed by atoms with Gasteiger partial charge in [0.15, 0.2) is 0 Å². The summed E-state index contributed by atoms with van der Waals surface area (Å²) in [5.41, 5.74) is 4.08. The summed E-state index contributed by atoms with van der Waals surface area (Å²) in [5, 5.41) is 3.31. The first-order valence-electron chi connectivity index (χ1n) is 8.44. The number of nitrogens with one attached hydrogen (secondary N) is 1. The molecule has 1 aromatic heterocycles. The molecule has 1 aliphatic carbocycles. The lowest BCUT2D eigenvalue weighted by molar-refractivity contribution is 0.0703. The molecule has 1 fully saturated rings. The van der Waals surface area contributed by atoms with Gasteiger partial charge in [-0.2, -0.15) is 0 Å².